The summed E-state index contributed by atoms with van der Waals surface area (Å²) in [6.07, 6.45) is 3.72. The van der Waals surface area contributed by atoms with Crippen molar-refractivity contribution in [1.29, 1.82) is 0 Å². The van der Waals surface area contributed by atoms with Crippen molar-refractivity contribution in [2.75, 3.05) is 19.6 Å². The molecule has 29 heavy (non-hydrogen) atoms. The van der Waals surface area contributed by atoms with Crippen LogP contribution >= 0.6 is 15.9 Å². The monoisotopic (exact) mass is 454 g/mol. The second kappa shape index (κ2) is 8.72. The molecule has 4 rings (SSSR count). The van der Waals surface area contributed by atoms with E-state index in [2.05, 4.69) is 57.3 Å². The molecule has 0 bridgehead atoms. The van der Waals surface area contributed by atoms with Crippen LogP contribution in [0.5, 0.6) is 0 Å². The number of amides is 1. The molecular weight excluding hydrogens is 428 g/mol. The molecule has 3 aromatic rings. The van der Waals surface area contributed by atoms with Gasteiger partial charge in [-0.15, -0.1) is 0 Å². The molecule has 1 aliphatic heterocycles. The Balaban J connectivity index is 1.54. The van der Waals surface area contributed by atoms with Crippen LogP contribution in [0.4, 0.5) is 0 Å². The van der Waals surface area contributed by atoms with Gasteiger partial charge in [0.15, 0.2) is 5.76 Å². The van der Waals surface area contributed by atoms with Gasteiger partial charge in [0, 0.05) is 22.0 Å². The lowest BCUT2D eigenvalue weighted by molar-refractivity contribution is 0.0898. The number of nitrogens with zero attached hydrogens (tertiary/aromatic N) is 1. The Morgan fingerprint density at radius 3 is 2.55 bits per heavy atom. The normalized spacial score (nSPS) is 16.1. The Hall–Kier alpha value is -2.11. The van der Waals surface area contributed by atoms with E-state index < -0.39 is 0 Å². The molecule has 152 valence electrons. The SMILES string of the molecule is Cc1ccc([C@@H](CNC(=O)c2oc3ccc(Br)cc3c2C)N2CCCCC2)cc1. The molecule has 1 aliphatic rings. The average molecular weight is 455 g/mol. The molecule has 0 aliphatic carbocycles. The zero-order valence-electron chi connectivity index (χ0n) is 17.0. The number of halogens is 1. The van der Waals surface area contributed by atoms with Gasteiger partial charge in [-0.1, -0.05) is 52.2 Å². The summed E-state index contributed by atoms with van der Waals surface area (Å²) in [7, 11) is 0. The maximum absolute atomic E-state index is 13.0. The number of benzene rings is 2. The van der Waals surface area contributed by atoms with Crippen molar-refractivity contribution in [3.8, 4) is 0 Å². The smallest absolute Gasteiger partial charge is 0.287 e. The van der Waals surface area contributed by atoms with Crippen LogP contribution < -0.4 is 5.32 Å². The summed E-state index contributed by atoms with van der Waals surface area (Å²) < 4.78 is 6.85. The topological polar surface area (TPSA) is 45.5 Å². The third kappa shape index (κ3) is 4.41. The molecule has 1 N–H and O–H groups in total. The average Bonchev–Trinajstić information content (AvgIpc) is 3.06. The highest BCUT2D eigenvalue weighted by Gasteiger charge is 2.24. The number of rotatable bonds is 5. The molecular formula is C24H27BrN2O2. The highest BCUT2D eigenvalue weighted by molar-refractivity contribution is 9.10. The molecule has 4 nitrogen and oxygen atoms in total. The first-order chi connectivity index (χ1) is 14.0. The van der Waals surface area contributed by atoms with Crippen molar-refractivity contribution < 1.29 is 9.21 Å². The zero-order chi connectivity index (χ0) is 20.4. The summed E-state index contributed by atoms with van der Waals surface area (Å²) in [6.45, 7) is 6.76. The minimum Gasteiger partial charge on any atom is -0.451 e. The van der Waals surface area contributed by atoms with E-state index >= 15 is 0 Å². The van der Waals surface area contributed by atoms with Crippen molar-refractivity contribution in [3.63, 3.8) is 0 Å². The van der Waals surface area contributed by atoms with Gasteiger partial charge in [0.25, 0.3) is 5.91 Å². The van der Waals surface area contributed by atoms with E-state index in [0.29, 0.717) is 12.3 Å². The summed E-state index contributed by atoms with van der Waals surface area (Å²) >= 11 is 3.49. The lowest BCUT2D eigenvalue weighted by Crippen LogP contribution is -2.40. The van der Waals surface area contributed by atoms with Crippen LogP contribution in [0.25, 0.3) is 11.0 Å². The number of nitrogens with one attached hydrogen (secondary N) is 1. The van der Waals surface area contributed by atoms with E-state index in [4.69, 9.17) is 4.42 Å². The molecule has 0 unspecified atom stereocenters. The van der Waals surface area contributed by atoms with Gasteiger partial charge in [0.05, 0.1) is 6.04 Å². The number of likely N-dealkylation sites (tertiary alicyclic amines) is 1. The standard InChI is InChI=1S/C24H27BrN2O2/c1-16-6-8-18(9-7-16)21(27-12-4-3-5-13-27)15-26-24(28)23-17(2)20-14-19(25)10-11-22(20)29-23/h6-11,14,21H,3-5,12-13,15H2,1-2H3,(H,26,28)/t21-/m1/s1. The van der Waals surface area contributed by atoms with Gasteiger partial charge in [-0.25, -0.2) is 0 Å². The lowest BCUT2D eigenvalue weighted by atomic mass is 10.0. The van der Waals surface area contributed by atoms with Crippen LogP contribution in [0.15, 0.2) is 51.4 Å². The van der Waals surface area contributed by atoms with E-state index in [1.165, 1.54) is 30.4 Å². The fraction of sp³-hybridized carbons (Fsp3) is 0.375. The van der Waals surface area contributed by atoms with Crippen molar-refractivity contribution in [2.24, 2.45) is 0 Å². The number of carbonyl (C=O) groups excluding carboxylic acids is 1. The first-order valence-corrected chi connectivity index (χ1v) is 11.1. The predicted molar refractivity (Wildman–Crippen MR) is 120 cm³/mol. The van der Waals surface area contributed by atoms with E-state index in [-0.39, 0.29) is 11.9 Å². The van der Waals surface area contributed by atoms with Crippen LogP contribution in [-0.2, 0) is 0 Å². The molecule has 1 aromatic heterocycles. The highest BCUT2D eigenvalue weighted by atomic mass is 79.9. The lowest BCUT2D eigenvalue weighted by Gasteiger charge is -2.35. The maximum Gasteiger partial charge on any atom is 0.287 e. The second-order valence-corrected chi connectivity index (χ2v) is 8.85. The minimum atomic E-state index is -0.149. The highest BCUT2D eigenvalue weighted by Crippen LogP contribution is 2.29. The first-order valence-electron chi connectivity index (χ1n) is 10.3. The van der Waals surface area contributed by atoms with E-state index in [0.717, 1.165) is 34.1 Å². The van der Waals surface area contributed by atoms with Crippen LogP contribution in [0.2, 0.25) is 0 Å². The Kier molecular flexibility index (Phi) is 6.07. The summed E-state index contributed by atoms with van der Waals surface area (Å²) in [4.78, 5) is 15.5. The van der Waals surface area contributed by atoms with Crippen LogP contribution in [0.3, 0.4) is 0 Å². The van der Waals surface area contributed by atoms with Crippen LogP contribution in [0, 0.1) is 13.8 Å². The molecule has 1 saturated heterocycles. The van der Waals surface area contributed by atoms with Crippen molar-refractivity contribution in [2.45, 2.75) is 39.2 Å². The van der Waals surface area contributed by atoms with Gasteiger partial charge < -0.3 is 9.73 Å². The zero-order valence-corrected chi connectivity index (χ0v) is 18.6. The van der Waals surface area contributed by atoms with Crippen molar-refractivity contribution >= 4 is 32.8 Å². The number of hydrogen-bond donors (Lipinski definition) is 1. The Morgan fingerprint density at radius 2 is 1.83 bits per heavy atom. The number of piperidine rings is 1. The third-order valence-corrected chi connectivity index (χ3v) is 6.35. The summed E-state index contributed by atoms with van der Waals surface area (Å²) in [5.41, 5.74) is 4.12. The minimum absolute atomic E-state index is 0.149. The first kappa shape index (κ1) is 20.2. The maximum atomic E-state index is 13.0. The number of carbonyl (C=O) groups is 1. The van der Waals surface area contributed by atoms with Crippen molar-refractivity contribution in [1.82, 2.24) is 10.2 Å². The second-order valence-electron chi connectivity index (χ2n) is 7.93. The largest absolute Gasteiger partial charge is 0.451 e. The van der Waals surface area contributed by atoms with Crippen LogP contribution in [0.1, 0.15) is 52.5 Å². The molecule has 2 heterocycles. The third-order valence-electron chi connectivity index (χ3n) is 5.85. The van der Waals surface area contributed by atoms with Gasteiger partial charge in [-0.2, -0.15) is 0 Å². The van der Waals surface area contributed by atoms with E-state index in [1.54, 1.807) is 0 Å². The number of aryl methyl sites for hydroxylation is 2. The van der Waals surface area contributed by atoms with Crippen LogP contribution in [-0.4, -0.2) is 30.4 Å². The molecule has 0 saturated carbocycles. The fourth-order valence-electron chi connectivity index (χ4n) is 4.16. The van der Waals surface area contributed by atoms with Crippen molar-refractivity contribution in [3.05, 3.63) is 69.4 Å². The van der Waals surface area contributed by atoms with E-state index in [9.17, 15) is 4.79 Å². The number of furan rings is 1. The quantitative estimate of drug-likeness (QED) is 0.532. The molecule has 2 aromatic carbocycles. The number of fused-ring (bicyclic) bond motifs is 1. The van der Waals surface area contributed by atoms with Gasteiger partial charge in [-0.05, 0) is 63.5 Å². The Morgan fingerprint density at radius 1 is 1.10 bits per heavy atom. The summed E-state index contributed by atoms with van der Waals surface area (Å²) in [5, 5.41) is 4.11. The Bertz CT molecular complexity index is 1000. The molecule has 0 radical (unpaired) electrons. The molecule has 1 atom stereocenters. The predicted octanol–water partition coefficient (Wildman–Crippen LogP) is 5.77. The summed E-state index contributed by atoms with van der Waals surface area (Å²) in [5.74, 6) is 0.253. The fourth-order valence-corrected chi connectivity index (χ4v) is 4.52. The number of hydrogen-bond acceptors (Lipinski definition) is 3. The van der Waals surface area contributed by atoms with E-state index in [1.807, 2.05) is 25.1 Å². The molecule has 1 fully saturated rings. The van der Waals surface area contributed by atoms with Gasteiger partial charge >= 0.3 is 0 Å². The molecule has 1 amide bonds. The molecule has 0 spiro atoms. The Labute approximate surface area is 180 Å². The van der Waals surface area contributed by atoms with Gasteiger partial charge in [0.2, 0.25) is 0 Å². The van der Waals surface area contributed by atoms with Gasteiger partial charge in [0.1, 0.15) is 5.58 Å². The summed E-state index contributed by atoms with van der Waals surface area (Å²) in [6, 6.07) is 14.7. The molecule has 5 heteroatoms. The van der Waals surface area contributed by atoms with Gasteiger partial charge in [-0.3, -0.25) is 9.69 Å².